The van der Waals surface area contributed by atoms with E-state index >= 15 is 0 Å². The number of carbonyl (C=O) groups excluding carboxylic acids is 3. The molecule has 0 radical (unpaired) electrons. The molecule has 0 aromatic heterocycles. The van der Waals surface area contributed by atoms with E-state index in [0.717, 1.165) is 21.5 Å². The van der Waals surface area contributed by atoms with Crippen molar-refractivity contribution in [2.45, 2.75) is 13.0 Å². The molecule has 7 heteroatoms. The average molecular weight is 486 g/mol. The van der Waals surface area contributed by atoms with E-state index in [1.165, 1.54) is 5.01 Å². The van der Waals surface area contributed by atoms with Crippen molar-refractivity contribution in [1.82, 2.24) is 10.0 Å². The quantitative estimate of drug-likeness (QED) is 0.474. The van der Waals surface area contributed by atoms with Crippen LogP contribution < -0.4 is 0 Å². The Balaban J connectivity index is 1.53. The highest BCUT2D eigenvalue weighted by Gasteiger charge is 2.61. The van der Waals surface area contributed by atoms with Gasteiger partial charge in [0.2, 0.25) is 0 Å². The van der Waals surface area contributed by atoms with Crippen LogP contribution in [0.15, 0.2) is 65.2 Å². The largest absolute Gasteiger partial charge is 0.274 e. The Morgan fingerprint density at radius 3 is 2.20 bits per heavy atom. The maximum absolute atomic E-state index is 13.5. The third kappa shape index (κ3) is 3.01. The molecule has 2 aromatic carbocycles. The van der Waals surface area contributed by atoms with E-state index in [2.05, 4.69) is 15.9 Å². The van der Waals surface area contributed by atoms with Gasteiger partial charge >= 0.3 is 0 Å². The minimum absolute atomic E-state index is 0.0754. The number of halogens is 2. The number of imide groups is 1. The fourth-order valence-corrected chi connectivity index (χ4v) is 5.38. The fourth-order valence-electron chi connectivity index (χ4n) is 4.89. The zero-order valence-electron chi connectivity index (χ0n) is 15.9. The van der Waals surface area contributed by atoms with E-state index in [1.54, 1.807) is 24.3 Å². The summed E-state index contributed by atoms with van der Waals surface area (Å²) in [7, 11) is 0. The van der Waals surface area contributed by atoms with Crippen LogP contribution in [0.2, 0.25) is 5.02 Å². The number of hydrogen-bond acceptors (Lipinski definition) is 3. The third-order valence-electron chi connectivity index (χ3n) is 6.27. The number of hydrogen-bond donors (Lipinski definition) is 0. The molecule has 2 aromatic rings. The van der Waals surface area contributed by atoms with E-state index < -0.39 is 5.91 Å². The Labute approximate surface area is 187 Å². The van der Waals surface area contributed by atoms with E-state index in [4.69, 9.17) is 11.6 Å². The third-order valence-corrected chi connectivity index (χ3v) is 7.13. The van der Waals surface area contributed by atoms with Crippen LogP contribution in [0, 0.1) is 23.7 Å². The molecule has 3 aliphatic rings. The molecule has 2 aliphatic carbocycles. The molecule has 5 rings (SSSR count). The highest BCUT2D eigenvalue weighted by atomic mass is 79.9. The summed E-state index contributed by atoms with van der Waals surface area (Å²) in [6.45, 7) is 0.0943. The number of benzene rings is 2. The van der Waals surface area contributed by atoms with Crippen LogP contribution in [-0.2, 0) is 16.1 Å². The Morgan fingerprint density at radius 1 is 1.00 bits per heavy atom. The van der Waals surface area contributed by atoms with Gasteiger partial charge in [0, 0.05) is 4.47 Å². The highest BCUT2D eigenvalue weighted by Crippen LogP contribution is 2.53. The summed E-state index contributed by atoms with van der Waals surface area (Å²) < 4.78 is 0.903. The molecule has 3 amide bonds. The lowest BCUT2D eigenvalue weighted by atomic mass is 9.85. The molecule has 1 saturated carbocycles. The number of rotatable bonds is 4. The molecule has 152 valence electrons. The van der Waals surface area contributed by atoms with Gasteiger partial charge in [-0.15, -0.1) is 0 Å². The smallest absolute Gasteiger partial charge is 0.272 e. The first-order valence-corrected chi connectivity index (χ1v) is 11.0. The van der Waals surface area contributed by atoms with Crippen LogP contribution in [0.25, 0.3) is 0 Å². The van der Waals surface area contributed by atoms with Gasteiger partial charge in [-0.25, -0.2) is 5.01 Å². The number of allylic oxidation sites excluding steroid dienone is 2. The Morgan fingerprint density at radius 2 is 1.60 bits per heavy atom. The predicted molar refractivity (Wildman–Crippen MR) is 115 cm³/mol. The Kier molecular flexibility index (Phi) is 4.79. The number of carbonyl (C=O) groups is 3. The van der Waals surface area contributed by atoms with Crippen molar-refractivity contribution in [2.75, 3.05) is 0 Å². The second-order valence-electron chi connectivity index (χ2n) is 7.96. The van der Waals surface area contributed by atoms with Crippen LogP contribution in [0.4, 0.5) is 0 Å². The molecule has 4 unspecified atom stereocenters. The molecular weight excluding hydrogens is 468 g/mol. The summed E-state index contributed by atoms with van der Waals surface area (Å²) in [5.41, 5.74) is 1.06. The van der Waals surface area contributed by atoms with Gasteiger partial charge in [0.05, 0.1) is 29.0 Å². The summed E-state index contributed by atoms with van der Waals surface area (Å²) >= 11 is 9.67. The van der Waals surface area contributed by atoms with Crippen LogP contribution >= 0.6 is 27.5 Å². The zero-order chi connectivity index (χ0) is 21.0. The van der Waals surface area contributed by atoms with Crippen molar-refractivity contribution in [1.29, 1.82) is 0 Å². The topological polar surface area (TPSA) is 57.7 Å². The number of nitrogens with zero attached hydrogens (tertiary/aromatic N) is 2. The first-order chi connectivity index (χ1) is 14.5. The van der Waals surface area contributed by atoms with Crippen molar-refractivity contribution in [2.24, 2.45) is 23.7 Å². The first-order valence-electron chi connectivity index (χ1n) is 9.82. The molecular formula is C23H18BrClN2O3. The predicted octanol–water partition coefficient (Wildman–Crippen LogP) is 4.47. The molecule has 30 heavy (non-hydrogen) atoms. The molecule has 4 atom stereocenters. The van der Waals surface area contributed by atoms with Gasteiger partial charge in [-0.3, -0.25) is 14.4 Å². The SMILES string of the molecule is O=C(c1ccccc1Cl)N(Cc1ccc(Br)cc1)N1C(=O)C2C3C=CC(C3)C2C1=O. The summed E-state index contributed by atoms with van der Waals surface area (Å²) in [6, 6.07) is 14.1. The molecule has 0 spiro atoms. The molecule has 0 N–H and O–H groups in total. The summed E-state index contributed by atoms with van der Waals surface area (Å²) in [5, 5.41) is 2.62. The van der Waals surface area contributed by atoms with E-state index in [-0.39, 0.29) is 52.6 Å². The molecule has 5 nitrogen and oxygen atoms in total. The molecule has 2 fully saturated rings. The molecule has 1 aliphatic heterocycles. The first kappa shape index (κ1) is 19.5. The van der Waals surface area contributed by atoms with Crippen LogP contribution in [0.3, 0.4) is 0 Å². The van der Waals surface area contributed by atoms with E-state index in [9.17, 15) is 14.4 Å². The molecule has 1 saturated heterocycles. The second kappa shape index (κ2) is 7.36. The van der Waals surface area contributed by atoms with E-state index in [1.807, 2.05) is 36.4 Å². The molecule has 1 heterocycles. The fraction of sp³-hybridized carbons (Fsp3) is 0.261. The molecule has 2 bridgehead atoms. The Bertz CT molecular complexity index is 1050. The summed E-state index contributed by atoms with van der Waals surface area (Å²) in [4.78, 5) is 40.1. The number of amides is 3. The lowest BCUT2D eigenvalue weighted by Crippen LogP contribution is -2.50. The second-order valence-corrected chi connectivity index (χ2v) is 9.28. The standard InChI is InChI=1S/C23H18BrClN2O3/c24-16-9-5-13(6-10-16)12-26(21(28)17-3-1-2-4-18(17)25)27-22(29)19-14-7-8-15(11-14)20(19)23(27)30/h1-10,14-15,19-20H,11-12H2. The van der Waals surface area contributed by atoms with Gasteiger partial charge in [0.15, 0.2) is 0 Å². The lowest BCUT2D eigenvalue weighted by Gasteiger charge is -2.31. The van der Waals surface area contributed by atoms with Crippen LogP contribution in [0.5, 0.6) is 0 Å². The maximum atomic E-state index is 13.5. The zero-order valence-corrected chi connectivity index (χ0v) is 18.2. The summed E-state index contributed by atoms with van der Waals surface area (Å²) in [5.74, 6) is -1.65. The van der Waals surface area contributed by atoms with Crippen molar-refractivity contribution < 1.29 is 14.4 Å². The Hall–Kier alpha value is -2.44. The maximum Gasteiger partial charge on any atom is 0.274 e. The van der Waals surface area contributed by atoms with Gasteiger partial charge in [-0.1, -0.05) is 63.9 Å². The lowest BCUT2D eigenvalue weighted by molar-refractivity contribution is -0.156. The van der Waals surface area contributed by atoms with Gasteiger partial charge in [0.1, 0.15) is 0 Å². The van der Waals surface area contributed by atoms with Crippen LogP contribution in [0.1, 0.15) is 22.3 Å². The van der Waals surface area contributed by atoms with Crippen molar-refractivity contribution in [3.8, 4) is 0 Å². The average Bonchev–Trinajstić information content (AvgIpc) is 3.42. The van der Waals surface area contributed by atoms with Crippen LogP contribution in [-0.4, -0.2) is 27.7 Å². The number of fused-ring (bicyclic) bond motifs is 5. The highest BCUT2D eigenvalue weighted by molar-refractivity contribution is 9.10. The van der Waals surface area contributed by atoms with Crippen molar-refractivity contribution in [3.63, 3.8) is 0 Å². The monoisotopic (exact) mass is 484 g/mol. The van der Waals surface area contributed by atoms with Gasteiger partial charge < -0.3 is 0 Å². The van der Waals surface area contributed by atoms with Gasteiger partial charge in [-0.05, 0) is 48.1 Å². The van der Waals surface area contributed by atoms with E-state index in [0.29, 0.717) is 0 Å². The minimum atomic E-state index is -0.467. The number of hydrazine groups is 1. The minimum Gasteiger partial charge on any atom is -0.272 e. The summed E-state index contributed by atoms with van der Waals surface area (Å²) in [6.07, 6.45) is 4.91. The normalized spacial score (nSPS) is 26.4. The van der Waals surface area contributed by atoms with Crippen molar-refractivity contribution >= 4 is 45.3 Å². The van der Waals surface area contributed by atoms with Gasteiger partial charge in [0.25, 0.3) is 17.7 Å². The van der Waals surface area contributed by atoms with Crippen molar-refractivity contribution in [3.05, 3.63) is 81.3 Å². The van der Waals surface area contributed by atoms with Gasteiger partial charge in [-0.2, -0.15) is 5.01 Å².